The molecule has 0 radical (unpaired) electrons. The zero-order valence-electron chi connectivity index (χ0n) is 14.8. The summed E-state index contributed by atoms with van der Waals surface area (Å²) in [5.41, 5.74) is 2.07. The van der Waals surface area contributed by atoms with Crippen molar-refractivity contribution < 1.29 is 9.53 Å². The minimum atomic E-state index is -1.82. The topological polar surface area (TPSA) is 62.4 Å². The Morgan fingerprint density at radius 2 is 1.81 bits per heavy atom. The number of rotatable bonds is 8. The molecule has 0 aliphatic rings. The van der Waals surface area contributed by atoms with Crippen LogP contribution in [0.4, 0.5) is 10.5 Å². The van der Waals surface area contributed by atoms with Crippen LogP contribution in [-0.4, -0.2) is 28.3 Å². The fourth-order valence-electron chi connectivity index (χ4n) is 2.19. The fourth-order valence-corrected chi connectivity index (χ4v) is 2.75. The van der Waals surface area contributed by atoms with Crippen LogP contribution in [0.2, 0.25) is 0 Å². The minimum absolute atomic E-state index is 0.202. The summed E-state index contributed by atoms with van der Waals surface area (Å²) in [5.74, 6) is 0. The SMILES string of the molecule is CCCCCCc1ccc(NC(=S)NC(NC(=O)OC)C(Cl)(Cl)Cl)cc1. The van der Waals surface area contributed by atoms with E-state index in [1.54, 1.807) is 0 Å². The van der Waals surface area contributed by atoms with Crippen molar-refractivity contribution in [2.75, 3.05) is 12.4 Å². The van der Waals surface area contributed by atoms with Gasteiger partial charge >= 0.3 is 6.09 Å². The van der Waals surface area contributed by atoms with Crippen LogP contribution in [0.5, 0.6) is 0 Å². The maximum Gasteiger partial charge on any atom is 0.408 e. The van der Waals surface area contributed by atoms with Gasteiger partial charge in [0, 0.05) is 5.69 Å². The first-order chi connectivity index (χ1) is 12.3. The van der Waals surface area contributed by atoms with Crippen molar-refractivity contribution in [3.8, 4) is 0 Å². The van der Waals surface area contributed by atoms with Gasteiger partial charge in [-0.1, -0.05) is 73.1 Å². The standard InChI is InChI=1S/C17H24Cl3N3O2S/c1-3-4-5-6-7-12-8-10-13(11-9-12)21-15(26)22-14(17(18,19)20)23-16(24)25-2/h8-11,14H,3-7H2,1-2H3,(H,23,24)(H2,21,22,26). The second kappa shape index (κ2) is 11.7. The van der Waals surface area contributed by atoms with E-state index in [2.05, 4.69) is 39.7 Å². The summed E-state index contributed by atoms with van der Waals surface area (Å²) in [7, 11) is 1.21. The van der Waals surface area contributed by atoms with E-state index in [9.17, 15) is 4.79 Å². The van der Waals surface area contributed by atoms with Crippen molar-refractivity contribution in [2.45, 2.75) is 49.0 Å². The summed E-state index contributed by atoms with van der Waals surface area (Å²) in [6.07, 6.45) is 4.18. The first-order valence-corrected chi connectivity index (χ1v) is 9.88. The van der Waals surface area contributed by atoms with Crippen LogP contribution in [0.1, 0.15) is 38.2 Å². The number of anilines is 1. The molecule has 0 saturated heterocycles. The molecule has 0 aliphatic heterocycles. The maximum atomic E-state index is 11.4. The summed E-state index contributed by atoms with van der Waals surface area (Å²) in [6, 6.07) is 7.97. The molecule has 1 amide bonds. The number of methoxy groups -OCH3 is 1. The molecule has 0 bridgehead atoms. The van der Waals surface area contributed by atoms with Crippen molar-refractivity contribution in [1.82, 2.24) is 10.6 Å². The second-order valence-electron chi connectivity index (χ2n) is 5.72. The van der Waals surface area contributed by atoms with Gasteiger partial charge in [-0.05, 0) is 42.8 Å². The normalized spacial score (nSPS) is 12.2. The molecule has 0 spiro atoms. The van der Waals surface area contributed by atoms with Gasteiger partial charge in [-0.25, -0.2) is 4.79 Å². The first kappa shape index (κ1) is 23.1. The van der Waals surface area contributed by atoms with Gasteiger partial charge in [0.15, 0.2) is 11.3 Å². The molecule has 0 heterocycles. The molecule has 1 rings (SSSR count). The molecule has 1 atom stereocenters. The lowest BCUT2D eigenvalue weighted by Gasteiger charge is -2.27. The Bertz CT molecular complexity index is 580. The number of alkyl halides is 3. The van der Waals surface area contributed by atoms with Crippen LogP contribution in [0.3, 0.4) is 0 Å². The number of amides is 1. The van der Waals surface area contributed by atoms with Crippen molar-refractivity contribution in [3.05, 3.63) is 29.8 Å². The van der Waals surface area contributed by atoms with Crippen LogP contribution in [0.25, 0.3) is 0 Å². The van der Waals surface area contributed by atoms with E-state index in [1.807, 2.05) is 12.1 Å². The van der Waals surface area contributed by atoms with Crippen LogP contribution in [0.15, 0.2) is 24.3 Å². The lowest BCUT2D eigenvalue weighted by molar-refractivity contribution is 0.166. The van der Waals surface area contributed by atoms with Gasteiger partial charge in [0.1, 0.15) is 0 Å². The highest BCUT2D eigenvalue weighted by molar-refractivity contribution is 7.80. The zero-order valence-corrected chi connectivity index (χ0v) is 17.9. The summed E-state index contributed by atoms with van der Waals surface area (Å²) in [5, 5.41) is 8.31. The number of halogens is 3. The van der Waals surface area contributed by atoms with Crippen LogP contribution < -0.4 is 16.0 Å². The molecule has 26 heavy (non-hydrogen) atoms. The number of carbonyl (C=O) groups excluding carboxylic acids is 1. The summed E-state index contributed by atoms with van der Waals surface area (Å²) in [4.78, 5) is 11.4. The molecule has 0 aliphatic carbocycles. The highest BCUT2D eigenvalue weighted by atomic mass is 35.6. The number of ether oxygens (including phenoxy) is 1. The zero-order chi connectivity index (χ0) is 19.6. The number of thiocarbonyl (C=S) groups is 1. The Morgan fingerprint density at radius 1 is 1.15 bits per heavy atom. The highest BCUT2D eigenvalue weighted by Gasteiger charge is 2.35. The van der Waals surface area contributed by atoms with Gasteiger partial charge in [0.2, 0.25) is 3.79 Å². The number of unbranched alkanes of at least 4 members (excludes halogenated alkanes) is 3. The molecule has 0 saturated carbocycles. The van der Waals surface area contributed by atoms with Crippen molar-refractivity contribution in [2.24, 2.45) is 0 Å². The number of carbonyl (C=O) groups is 1. The van der Waals surface area contributed by atoms with Gasteiger partial charge < -0.3 is 15.4 Å². The molecule has 1 aromatic rings. The fraction of sp³-hybridized carbons (Fsp3) is 0.529. The number of benzene rings is 1. The maximum absolute atomic E-state index is 11.4. The van der Waals surface area contributed by atoms with E-state index in [0.29, 0.717) is 0 Å². The van der Waals surface area contributed by atoms with E-state index in [-0.39, 0.29) is 5.11 Å². The Balaban J connectivity index is 2.56. The van der Waals surface area contributed by atoms with E-state index < -0.39 is 16.1 Å². The average molecular weight is 441 g/mol. The van der Waals surface area contributed by atoms with Crippen LogP contribution in [-0.2, 0) is 11.2 Å². The molecule has 3 N–H and O–H groups in total. The second-order valence-corrected chi connectivity index (χ2v) is 8.49. The number of hydrogen-bond acceptors (Lipinski definition) is 3. The quantitative estimate of drug-likeness (QED) is 0.226. The summed E-state index contributed by atoms with van der Waals surface area (Å²) < 4.78 is 2.69. The summed E-state index contributed by atoms with van der Waals surface area (Å²) >= 11 is 22.8. The molecular formula is C17H24Cl3N3O2S. The highest BCUT2D eigenvalue weighted by Crippen LogP contribution is 2.29. The Hall–Kier alpha value is -0.950. The van der Waals surface area contributed by atoms with Gasteiger partial charge in [-0.2, -0.15) is 0 Å². The van der Waals surface area contributed by atoms with E-state index in [1.165, 1.54) is 38.4 Å². The monoisotopic (exact) mass is 439 g/mol. The van der Waals surface area contributed by atoms with Gasteiger partial charge in [0.25, 0.3) is 0 Å². The van der Waals surface area contributed by atoms with Crippen molar-refractivity contribution in [1.29, 1.82) is 0 Å². The largest absolute Gasteiger partial charge is 0.453 e. The average Bonchev–Trinajstić information content (AvgIpc) is 2.58. The van der Waals surface area contributed by atoms with E-state index in [0.717, 1.165) is 12.1 Å². The molecular weight excluding hydrogens is 417 g/mol. The Labute approximate surface area is 175 Å². The molecule has 0 fully saturated rings. The molecule has 146 valence electrons. The predicted octanol–water partition coefficient (Wildman–Crippen LogP) is 5.15. The Morgan fingerprint density at radius 3 is 2.35 bits per heavy atom. The number of alkyl carbamates (subject to hydrolysis) is 1. The number of aryl methyl sites for hydroxylation is 1. The van der Waals surface area contributed by atoms with E-state index >= 15 is 0 Å². The molecule has 1 unspecified atom stereocenters. The van der Waals surface area contributed by atoms with Crippen molar-refractivity contribution in [3.63, 3.8) is 0 Å². The molecule has 5 nitrogen and oxygen atoms in total. The number of hydrogen-bond donors (Lipinski definition) is 3. The number of nitrogens with one attached hydrogen (secondary N) is 3. The third-order valence-corrected chi connectivity index (χ3v) is 4.46. The molecule has 9 heteroatoms. The van der Waals surface area contributed by atoms with Gasteiger partial charge in [0.05, 0.1) is 7.11 Å². The van der Waals surface area contributed by atoms with Gasteiger partial charge in [-0.3, -0.25) is 5.32 Å². The van der Waals surface area contributed by atoms with Crippen molar-refractivity contribution >= 4 is 63.9 Å². The third kappa shape index (κ3) is 9.12. The Kier molecular flexibility index (Phi) is 10.4. The van der Waals surface area contributed by atoms with Crippen LogP contribution in [0, 0.1) is 0 Å². The molecule has 1 aromatic carbocycles. The molecule has 0 aromatic heterocycles. The lowest BCUT2D eigenvalue weighted by Crippen LogP contribution is -2.56. The lowest BCUT2D eigenvalue weighted by atomic mass is 10.1. The van der Waals surface area contributed by atoms with Gasteiger partial charge in [-0.15, -0.1) is 0 Å². The predicted molar refractivity (Wildman–Crippen MR) is 113 cm³/mol. The minimum Gasteiger partial charge on any atom is -0.453 e. The summed E-state index contributed by atoms with van der Waals surface area (Å²) in [6.45, 7) is 2.20. The van der Waals surface area contributed by atoms with E-state index in [4.69, 9.17) is 47.0 Å². The third-order valence-electron chi connectivity index (χ3n) is 3.58. The van der Waals surface area contributed by atoms with Crippen LogP contribution >= 0.6 is 47.0 Å². The smallest absolute Gasteiger partial charge is 0.408 e. The first-order valence-electron chi connectivity index (χ1n) is 8.34.